The maximum absolute atomic E-state index is 12.3. The van der Waals surface area contributed by atoms with Gasteiger partial charge in [-0.3, -0.25) is 9.59 Å². The third kappa shape index (κ3) is 3.97. The second kappa shape index (κ2) is 7.23. The van der Waals surface area contributed by atoms with E-state index in [0.29, 0.717) is 17.8 Å². The Morgan fingerprint density at radius 2 is 2.13 bits per heavy atom. The highest BCUT2D eigenvalue weighted by Crippen LogP contribution is 2.20. The van der Waals surface area contributed by atoms with Gasteiger partial charge in [0.1, 0.15) is 0 Å². The highest BCUT2D eigenvalue weighted by Gasteiger charge is 2.33. The van der Waals surface area contributed by atoms with Crippen LogP contribution in [-0.4, -0.2) is 54.0 Å². The topological polar surface area (TPSA) is 87.5 Å². The van der Waals surface area contributed by atoms with E-state index in [1.54, 1.807) is 36.0 Å². The van der Waals surface area contributed by atoms with Gasteiger partial charge in [0.25, 0.3) is 5.91 Å². The van der Waals surface area contributed by atoms with E-state index in [4.69, 9.17) is 5.73 Å². The van der Waals surface area contributed by atoms with Gasteiger partial charge in [0.2, 0.25) is 5.91 Å². The minimum Gasteiger partial charge on any atom is -0.399 e. The predicted octanol–water partition coefficient (Wildman–Crippen LogP) is 0.510. The van der Waals surface area contributed by atoms with Crippen LogP contribution in [0.25, 0.3) is 0 Å². The van der Waals surface area contributed by atoms with Crippen LogP contribution in [0.15, 0.2) is 24.3 Å². The van der Waals surface area contributed by atoms with E-state index in [-0.39, 0.29) is 23.8 Å². The average molecular weight is 334 g/mol. The molecule has 0 aliphatic carbocycles. The van der Waals surface area contributed by atoms with Gasteiger partial charge < -0.3 is 21.3 Å². The maximum atomic E-state index is 12.3. The highest BCUT2D eigenvalue weighted by molar-refractivity contribution is 7.99. The van der Waals surface area contributed by atoms with Crippen molar-refractivity contribution in [1.82, 2.24) is 15.5 Å². The van der Waals surface area contributed by atoms with E-state index in [2.05, 4.69) is 10.6 Å². The standard InChI is InChI=1S/C16H22N4O2S/c17-13-3-1-12(2-4-13)15(21)19-9-11-7-14(18-8-11)16(22)20-5-6-23-10-20/h1-4,11,14,18H,5-10,17H2,(H,19,21). The Kier molecular flexibility index (Phi) is 5.07. The molecule has 4 N–H and O–H groups in total. The van der Waals surface area contributed by atoms with Gasteiger partial charge in [-0.25, -0.2) is 0 Å². The summed E-state index contributed by atoms with van der Waals surface area (Å²) < 4.78 is 0. The summed E-state index contributed by atoms with van der Waals surface area (Å²) in [5, 5.41) is 6.23. The van der Waals surface area contributed by atoms with Gasteiger partial charge in [-0.05, 0) is 36.6 Å². The lowest BCUT2D eigenvalue weighted by atomic mass is 10.0. The van der Waals surface area contributed by atoms with Crippen LogP contribution < -0.4 is 16.4 Å². The van der Waals surface area contributed by atoms with Crippen LogP contribution in [-0.2, 0) is 4.79 Å². The van der Waals surface area contributed by atoms with Gasteiger partial charge >= 0.3 is 0 Å². The molecule has 1 aromatic rings. The molecular formula is C16H22N4O2S. The van der Waals surface area contributed by atoms with Crippen molar-refractivity contribution >= 4 is 29.3 Å². The quantitative estimate of drug-likeness (QED) is 0.699. The first-order valence-electron chi connectivity index (χ1n) is 7.87. The van der Waals surface area contributed by atoms with Crippen LogP contribution in [0.3, 0.4) is 0 Å². The predicted molar refractivity (Wildman–Crippen MR) is 92.1 cm³/mol. The van der Waals surface area contributed by atoms with Gasteiger partial charge in [-0.1, -0.05) is 0 Å². The van der Waals surface area contributed by atoms with Crippen molar-refractivity contribution < 1.29 is 9.59 Å². The molecule has 3 rings (SSSR count). The molecule has 2 aliphatic rings. The number of nitrogens with one attached hydrogen (secondary N) is 2. The molecule has 23 heavy (non-hydrogen) atoms. The molecule has 0 radical (unpaired) electrons. The molecule has 0 aromatic heterocycles. The van der Waals surface area contributed by atoms with Crippen molar-refractivity contribution in [3.63, 3.8) is 0 Å². The van der Waals surface area contributed by atoms with E-state index in [1.807, 2.05) is 4.90 Å². The number of hydrogen-bond acceptors (Lipinski definition) is 5. The SMILES string of the molecule is Nc1ccc(C(=O)NCC2CNC(C(=O)N3CCSC3)C2)cc1. The Hall–Kier alpha value is -1.73. The molecule has 2 heterocycles. The van der Waals surface area contributed by atoms with Crippen LogP contribution in [0.1, 0.15) is 16.8 Å². The zero-order valence-corrected chi connectivity index (χ0v) is 13.8. The largest absolute Gasteiger partial charge is 0.399 e. The van der Waals surface area contributed by atoms with Crippen molar-refractivity contribution in [1.29, 1.82) is 0 Å². The summed E-state index contributed by atoms with van der Waals surface area (Å²) in [7, 11) is 0. The zero-order chi connectivity index (χ0) is 16.2. The molecule has 2 aliphatic heterocycles. The molecule has 1 aromatic carbocycles. The fourth-order valence-electron chi connectivity index (χ4n) is 2.93. The summed E-state index contributed by atoms with van der Waals surface area (Å²) in [5.74, 6) is 2.21. The molecule has 2 unspecified atom stereocenters. The number of carbonyl (C=O) groups excluding carboxylic acids is 2. The van der Waals surface area contributed by atoms with Gasteiger partial charge in [0.05, 0.1) is 11.9 Å². The fourth-order valence-corrected chi connectivity index (χ4v) is 3.89. The van der Waals surface area contributed by atoms with Crippen molar-refractivity contribution in [2.45, 2.75) is 12.5 Å². The molecule has 2 saturated heterocycles. The van der Waals surface area contributed by atoms with Crippen LogP contribution in [0.4, 0.5) is 5.69 Å². The van der Waals surface area contributed by atoms with Crippen molar-refractivity contribution in [2.75, 3.05) is 37.0 Å². The third-order valence-corrected chi connectivity index (χ3v) is 5.27. The molecule has 0 spiro atoms. The smallest absolute Gasteiger partial charge is 0.251 e. The van der Waals surface area contributed by atoms with Crippen molar-refractivity contribution in [3.8, 4) is 0 Å². The van der Waals surface area contributed by atoms with E-state index < -0.39 is 0 Å². The van der Waals surface area contributed by atoms with Gasteiger partial charge in [0, 0.05) is 36.6 Å². The summed E-state index contributed by atoms with van der Waals surface area (Å²) in [6.07, 6.45) is 0.780. The van der Waals surface area contributed by atoms with E-state index in [9.17, 15) is 9.59 Å². The third-order valence-electron chi connectivity index (χ3n) is 4.31. The second-order valence-corrected chi connectivity index (χ2v) is 7.11. The number of carbonyl (C=O) groups is 2. The Labute approximate surface area is 140 Å². The first-order valence-corrected chi connectivity index (χ1v) is 9.02. The Balaban J connectivity index is 1.45. The zero-order valence-electron chi connectivity index (χ0n) is 13.0. The van der Waals surface area contributed by atoms with Gasteiger partial charge in [-0.2, -0.15) is 0 Å². The molecular weight excluding hydrogens is 312 g/mol. The lowest BCUT2D eigenvalue weighted by molar-refractivity contribution is -0.131. The van der Waals surface area contributed by atoms with Crippen molar-refractivity contribution in [2.24, 2.45) is 5.92 Å². The van der Waals surface area contributed by atoms with Gasteiger partial charge in [0.15, 0.2) is 0 Å². The number of hydrogen-bond donors (Lipinski definition) is 3. The van der Waals surface area contributed by atoms with Crippen molar-refractivity contribution in [3.05, 3.63) is 29.8 Å². The number of anilines is 1. The van der Waals surface area contributed by atoms with Crippen LogP contribution in [0.5, 0.6) is 0 Å². The van der Waals surface area contributed by atoms with E-state index >= 15 is 0 Å². The maximum Gasteiger partial charge on any atom is 0.251 e. The molecule has 7 heteroatoms. The number of thioether (sulfide) groups is 1. The average Bonchev–Trinajstić information content (AvgIpc) is 3.24. The monoisotopic (exact) mass is 334 g/mol. The summed E-state index contributed by atoms with van der Waals surface area (Å²) >= 11 is 1.79. The summed E-state index contributed by atoms with van der Waals surface area (Å²) in [5.41, 5.74) is 6.86. The Morgan fingerprint density at radius 1 is 1.35 bits per heavy atom. The first-order chi connectivity index (χ1) is 11.1. The lowest BCUT2D eigenvalue weighted by Gasteiger charge is -2.19. The highest BCUT2D eigenvalue weighted by atomic mass is 32.2. The molecule has 2 atom stereocenters. The molecule has 124 valence electrons. The minimum absolute atomic E-state index is 0.101. The molecule has 2 fully saturated rings. The Morgan fingerprint density at radius 3 is 2.83 bits per heavy atom. The summed E-state index contributed by atoms with van der Waals surface area (Å²) in [6.45, 7) is 2.19. The first kappa shape index (κ1) is 16.1. The van der Waals surface area contributed by atoms with Crippen LogP contribution >= 0.6 is 11.8 Å². The van der Waals surface area contributed by atoms with Crippen LogP contribution in [0.2, 0.25) is 0 Å². The summed E-state index contributed by atoms with van der Waals surface area (Å²) in [6, 6.07) is 6.76. The molecule has 6 nitrogen and oxygen atoms in total. The molecule has 0 bridgehead atoms. The number of nitrogens with two attached hydrogens (primary N) is 1. The lowest BCUT2D eigenvalue weighted by Crippen LogP contribution is -2.42. The number of benzene rings is 1. The minimum atomic E-state index is -0.105. The number of nitrogen functional groups attached to an aromatic ring is 1. The number of nitrogens with zero attached hydrogens (tertiary/aromatic N) is 1. The number of amides is 2. The number of rotatable bonds is 4. The van der Waals surface area contributed by atoms with E-state index in [0.717, 1.165) is 31.1 Å². The normalized spacial score (nSPS) is 23.9. The van der Waals surface area contributed by atoms with E-state index in [1.165, 1.54) is 0 Å². The van der Waals surface area contributed by atoms with Gasteiger partial charge in [-0.15, -0.1) is 11.8 Å². The molecule has 2 amide bonds. The van der Waals surface area contributed by atoms with Crippen LogP contribution in [0, 0.1) is 5.92 Å². The summed E-state index contributed by atoms with van der Waals surface area (Å²) in [4.78, 5) is 26.3. The second-order valence-electron chi connectivity index (χ2n) is 6.03. The Bertz CT molecular complexity index is 572. The fraction of sp³-hybridized carbons (Fsp3) is 0.500. The molecule has 0 saturated carbocycles.